The summed E-state index contributed by atoms with van der Waals surface area (Å²) in [7, 11) is 0. The van der Waals surface area contributed by atoms with Crippen molar-refractivity contribution < 1.29 is 9.90 Å². The lowest BCUT2D eigenvalue weighted by Crippen LogP contribution is -2.27. The maximum atomic E-state index is 10.6. The molecular weight excluding hydrogens is 182 g/mol. The molecule has 1 aliphatic rings. The normalized spacial score (nSPS) is 16.0. The Bertz CT molecular complexity index is 350. The van der Waals surface area contributed by atoms with Gasteiger partial charge in [-0.25, -0.2) is 14.8 Å². The number of carbonyl (C=O) groups is 1. The molecule has 0 radical (unpaired) electrons. The molecule has 14 heavy (non-hydrogen) atoms. The zero-order valence-electron chi connectivity index (χ0n) is 7.60. The number of nitrogens with zero attached hydrogens (tertiary/aromatic N) is 2. The first kappa shape index (κ1) is 8.93. The Labute approximate surface area is 81.2 Å². The van der Waals surface area contributed by atoms with E-state index < -0.39 is 5.97 Å². The van der Waals surface area contributed by atoms with Gasteiger partial charge in [0.15, 0.2) is 5.69 Å². The summed E-state index contributed by atoms with van der Waals surface area (Å²) in [6.45, 7) is 0. The van der Waals surface area contributed by atoms with Gasteiger partial charge in [-0.3, -0.25) is 0 Å². The van der Waals surface area contributed by atoms with Crippen LogP contribution in [-0.2, 0) is 0 Å². The van der Waals surface area contributed by atoms with Gasteiger partial charge in [-0.2, -0.15) is 0 Å². The van der Waals surface area contributed by atoms with Gasteiger partial charge < -0.3 is 10.4 Å². The summed E-state index contributed by atoms with van der Waals surface area (Å²) in [5.41, 5.74) is 0.0295. The molecule has 0 saturated heterocycles. The van der Waals surface area contributed by atoms with E-state index in [1.807, 2.05) is 0 Å². The summed E-state index contributed by atoms with van der Waals surface area (Å²) in [4.78, 5) is 18.2. The smallest absolute Gasteiger partial charge is 0.354 e. The second-order valence-electron chi connectivity index (χ2n) is 3.37. The number of aromatic carboxylic acids is 1. The number of aromatic nitrogens is 2. The Morgan fingerprint density at radius 1 is 1.50 bits per heavy atom. The van der Waals surface area contributed by atoms with Gasteiger partial charge in [-0.05, 0) is 19.3 Å². The molecule has 0 amide bonds. The molecule has 1 saturated carbocycles. The van der Waals surface area contributed by atoms with Gasteiger partial charge in [0.2, 0.25) is 0 Å². The molecule has 0 spiro atoms. The van der Waals surface area contributed by atoms with E-state index in [1.165, 1.54) is 18.8 Å². The molecule has 5 heteroatoms. The van der Waals surface area contributed by atoms with Crippen molar-refractivity contribution in [3.8, 4) is 0 Å². The van der Waals surface area contributed by atoms with Crippen LogP contribution in [0.3, 0.4) is 0 Å². The van der Waals surface area contributed by atoms with Crippen molar-refractivity contribution in [2.24, 2.45) is 0 Å². The third-order valence-corrected chi connectivity index (χ3v) is 2.34. The number of hydrogen-bond donors (Lipinski definition) is 2. The topological polar surface area (TPSA) is 75.1 Å². The zero-order valence-corrected chi connectivity index (χ0v) is 7.60. The molecule has 74 valence electrons. The van der Waals surface area contributed by atoms with Gasteiger partial charge in [0.25, 0.3) is 0 Å². The second kappa shape index (κ2) is 3.61. The number of anilines is 1. The molecule has 0 aliphatic heterocycles. The molecule has 2 rings (SSSR count). The summed E-state index contributed by atoms with van der Waals surface area (Å²) < 4.78 is 0. The van der Waals surface area contributed by atoms with Crippen LogP contribution in [0.25, 0.3) is 0 Å². The molecule has 1 aromatic heterocycles. The fourth-order valence-corrected chi connectivity index (χ4v) is 1.31. The van der Waals surface area contributed by atoms with E-state index in [0.717, 1.165) is 12.8 Å². The van der Waals surface area contributed by atoms with E-state index in [2.05, 4.69) is 15.3 Å². The molecule has 1 aromatic rings. The first-order valence-corrected chi connectivity index (χ1v) is 4.57. The molecule has 1 heterocycles. The number of rotatable bonds is 3. The van der Waals surface area contributed by atoms with Crippen molar-refractivity contribution in [2.75, 3.05) is 5.32 Å². The summed E-state index contributed by atoms with van der Waals surface area (Å²) in [5.74, 6) is -0.425. The summed E-state index contributed by atoms with van der Waals surface area (Å²) >= 11 is 0. The minimum Gasteiger partial charge on any atom is -0.477 e. The summed E-state index contributed by atoms with van der Waals surface area (Å²) in [5, 5.41) is 11.9. The SMILES string of the molecule is O=C(O)c1cc(NC2CCC2)ncn1. The molecule has 2 N–H and O–H groups in total. The molecule has 0 unspecified atom stereocenters. The lowest BCUT2D eigenvalue weighted by atomic mass is 9.93. The molecular formula is C9H11N3O2. The average molecular weight is 193 g/mol. The van der Waals surface area contributed by atoms with Crippen molar-refractivity contribution in [1.29, 1.82) is 0 Å². The van der Waals surface area contributed by atoms with Crippen LogP contribution in [0, 0.1) is 0 Å². The zero-order chi connectivity index (χ0) is 9.97. The maximum Gasteiger partial charge on any atom is 0.354 e. The third kappa shape index (κ3) is 1.81. The van der Waals surface area contributed by atoms with Crippen molar-refractivity contribution in [3.63, 3.8) is 0 Å². The summed E-state index contributed by atoms with van der Waals surface area (Å²) in [6, 6.07) is 1.91. The van der Waals surface area contributed by atoms with Crippen molar-refractivity contribution in [2.45, 2.75) is 25.3 Å². The second-order valence-corrected chi connectivity index (χ2v) is 3.37. The number of hydrogen-bond acceptors (Lipinski definition) is 4. The molecule has 0 atom stereocenters. The Balaban J connectivity index is 2.09. The first-order valence-electron chi connectivity index (χ1n) is 4.57. The van der Waals surface area contributed by atoms with Gasteiger partial charge in [0, 0.05) is 12.1 Å². The van der Waals surface area contributed by atoms with E-state index in [-0.39, 0.29) is 5.69 Å². The Kier molecular flexibility index (Phi) is 2.30. The van der Waals surface area contributed by atoms with Gasteiger partial charge in [0.05, 0.1) is 0 Å². The monoisotopic (exact) mass is 193 g/mol. The van der Waals surface area contributed by atoms with E-state index in [9.17, 15) is 4.79 Å². The van der Waals surface area contributed by atoms with Crippen LogP contribution >= 0.6 is 0 Å². The van der Waals surface area contributed by atoms with E-state index in [4.69, 9.17) is 5.11 Å². The number of carboxylic acid groups (broad SMARTS) is 1. The predicted molar refractivity (Wildman–Crippen MR) is 50.3 cm³/mol. The fraction of sp³-hybridized carbons (Fsp3) is 0.444. The Hall–Kier alpha value is -1.65. The molecule has 5 nitrogen and oxygen atoms in total. The summed E-state index contributed by atoms with van der Waals surface area (Å²) in [6.07, 6.45) is 4.76. The van der Waals surface area contributed by atoms with E-state index in [0.29, 0.717) is 11.9 Å². The maximum absolute atomic E-state index is 10.6. The quantitative estimate of drug-likeness (QED) is 0.752. The van der Waals surface area contributed by atoms with Crippen LogP contribution in [0.5, 0.6) is 0 Å². The predicted octanol–water partition coefficient (Wildman–Crippen LogP) is 1.14. The molecule has 1 aliphatic carbocycles. The minimum absolute atomic E-state index is 0.0295. The highest BCUT2D eigenvalue weighted by Crippen LogP contribution is 2.22. The third-order valence-electron chi connectivity index (χ3n) is 2.34. The van der Waals surface area contributed by atoms with Gasteiger partial charge in [0.1, 0.15) is 12.1 Å². The van der Waals surface area contributed by atoms with Gasteiger partial charge in [-0.15, -0.1) is 0 Å². The van der Waals surface area contributed by atoms with Crippen LogP contribution in [0.1, 0.15) is 29.8 Å². The van der Waals surface area contributed by atoms with Crippen LogP contribution < -0.4 is 5.32 Å². The Morgan fingerprint density at radius 3 is 2.86 bits per heavy atom. The average Bonchev–Trinajstić information content (AvgIpc) is 2.12. The highest BCUT2D eigenvalue weighted by molar-refractivity contribution is 5.86. The minimum atomic E-state index is -1.02. The number of nitrogens with one attached hydrogen (secondary N) is 1. The van der Waals surface area contributed by atoms with E-state index in [1.54, 1.807) is 0 Å². The van der Waals surface area contributed by atoms with Crippen molar-refractivity contribution >= 4 is 11.8 Å². The standard InChI is InChI=1S/C9H11N3O2/c13-9(14)7-4-8(11-5-10-7)12-6-2-1-3-6/h4-6H,1-3H2,(H,13,14)(H,10,11,12). The van der Waals surface area contributed by atoms with Crippen molar-refractivity contribution in [1.82, 2.24) is 9.97 Å². The molecule has 0 aromatic carbocycles. The highest BCUT2D eigenvalue weighted by Gasteiger charge is 2.17. The van der Waals surface area contributed by atoms with Gasteiger partial charge >= 0.3 is 5.97 Å². The van der Waals surface area contributed by atoms with Crippen LogP contribution in [-0.4, -0.2) is 27.1 Å². The highest BCUT2D eigenvalue weighted by atomic mass is 16.4. The number of carboxylic acids is 1. The van der Waals surface area contributed by atoms with Crippen molar-refractivity contribution in [3.05, 3.63) is 18.1 Å². The molecule has 1 fully saturated rings. The lowest BCUT2D eigenvalue weighted by Gasteiger charge is -2.26. The first-order chi connectivity index (χ1) is 6.75. The molecule has 0 bridgehead atoms. The largest absolute Gasteiger partial charge is 0.477 e. The van der Waals surface area contributed by atoms with Crippen LogP contribution in [0.15, 0.2) is 12.4 Å². The van der Waals surface area contributed by atoms with E-state index >= 15 is 0 Å². The fourth-order valence-electron chi connectivity index (χ4n) is 1.31. The lowest BCUT2D eigenvalue weighted by molar-refractivity contribution is 0.0690. The van der Waals surface area contributed by atoms with Gasteiger partial charge in [-0.1, -0.05) is 0 Å². The van der Waals surface area contributed by atoms with Crippen LogP contribution in [0.2, 0.25) is 0 Å². The Morgan fingerprint density at radius 2 is 2.29 bits per heavy atom. The van der Waals surface area contributed by atoms with Crippen LogP contribution in [0.4, 0.5) is 5.82 Å².